The van der Waals surface area contributed by atoms with Gasteiger partial charge >= 0.3 is 0 Å². The first kappa shape index (κ1) is 10.6. The van der Waals surface area contributed by atoms with E-state index >= 15 is 0 Å². The third-order valence-electron chi connectivity index (χ3n) is 1.95. The summed E-state index contributed by atoms with van der Waals surface area (Å²) in [7, 11) is 1.87. The second kappa shape index (κ2) is 3.93. The van der Waals surface area contributed by atoms with E-state index < -0.39 is 0 Å². The first-order valence-corrected chi connectivity index (χ1v) is 5.68. The van der Waals surface area contributed by atoms with Gasteiger partial charge in [0, 0.05) is 7.05 Å². The van der Waals surface area contributed by atoms with Crippen LogP contribution in [0.3, 0.4) is 0 Å². The Balaban J connectivity index is 2.33. The van der Waals surface area contributed by atoms with Crippen molar-refractivity contribution in [3.05, 3.63) is 21.1 Å². The van der Waals surface area contributed by atoms with E-state index in [2.05, 4.69) is 47.0 Å². The van der Waals surface area contributed by atoms with Crippen LogP contribution in [0.2, 0.25) is 0 Å². The van der Waals surface area contributed by atoms with E-state index in [9.17, 15) is 0 Å². The van der Waals surface area contributed by atoms with Gasteiger partial charge in [-0.2, -0.15) is 10.1 Å². The minimum atomic E-state index is 0.250. The molecule has 0 saturated carbocycles. The van der Waals surface area contributed by atoms with Gasteiger partial charge in [0.15, 0.2) is 4.73 Å². The van der Waals surface area contributed by atoms with Gasteiger partial charge in [-0.1, -0.05) is 0 Å². The number of rotatable bonds is 2. The van der Waals surface area contributed by atoms with Gasteiger partial charge in [0.2, 0.25) is 5.95 Å². The summed E-state index contributed by atoms with van der Waals surface area (Å²) in [4.78, 5) is 3.95. The predicted molar refractivity (Wildman–Crippen MR) is 62.1 cm³/mol. The van der Waals surface area contributed by atoms with Crippen molar-refractivity contribution in [2.24, 2.45) is 7.05 Å². The number of aryl methyl sites for hydroxylation is 1. The van der Waals surface area contributed by atoms with Gasteiger partial charge in [-0.05, 0) is 31.9 Å². The number of anilines is 1. The molecule has 0 radical (unpaired) electrons. The number of nitrogen functional groups attached to an aromatic ring is 1. The second-order valence-electron chi connectivity index (χ2n) is 2.96. The van der Waals surface area contributed by atoms with Crippen LogP contribution in [-0.4, -0.2) is 24.5 Å². The number of hydrogen-bond donors (Lipinski definition) is 1. The number of nitrogens with zero attached hydrogens (tertiary/aromatic N) is 5. The zero-order valence-electron chi connectivity index (χ0n) is 7.85. The van der Waals surface area contributed by atoms with E-state index in [1.807, 2.05) is 7.05 Å². The smallest absolute Gasteiger partial charge is 0.240 e. The van der Waals surface area contributed by atoms with Crippen molar-refractivity contribution in [1.29, 1.82) is 0 Å². The highest BCUT2D eigenvalue weighted by Crippen LogP contribution is 2.18. The van der Waals surface area contributed by atoms with Crippen molar-refractivity contribution in [1.82, 2.24) is 24.5 Å². The fourth-order valence-corrected chi connectivity index (χ4v) is 2.06. The molecule has 0 aliphatic heterocycles. The fourth-order valence-electron chi connectivity index (χ4n) is 1.20. The maximum Gasteiger partial charge on any atom is 0.240 e. The lowest BCUT2D eigenvalue weighted by Gasteiger charge is -2.03. The molecule has 0 aliphatic rings. The molecule has 2 N–H and O–H groups in total. The summed E-state index contributed by atoms with van der Waals surface area (Å²) >= 11 is 6.69. The summed E-state index contributed by atoms with van der Waals surface area (Å²) in [5.74, 6) is 0.250. The Hall–Kier alpha value is -0.890. The van der Waals surface area contributed by atoms with Gasteiger partial charge in [0.1, 0.15) is 0 Å². The lowest BCUT2D eigenvalue weighted by Crippen LogP contribution is -2.08. The third kappa shape index (κ3) is 2.05. The number of halogens is 2. The molecule has 6 nitrogen and oxygen atoms in total. The van der Waals surface area contributed by atoms with Crippen molar-refractivity contribution in [3.63, 3.8) is 0 Å². The van der Waals surface area contributed by atoms with Crippen molar-refractivity contribution in [2.45, 2.75) is 6.54 Å². The molecule has 2 aromatic heterocycles. The van der Waals surface area contributed by atoms with Crippen molar-refractivity contribution < 1.29 is 0 Å². The molecule has 0 aromatic carbocycles. The highest BCUT2D eigenvalue weighted by Gasteiger charge is 2.10. The van der Waals surface area contributed by atoms with Crippen LogP contribution in [0.25, 0.3) is 0 Å². The van der Waals surface area contributed by atoms with Gasteiger partial charge in [-0.15, -0.1) is 5.10 Å². The zero-order chi connectivity index (χ0) is 11.0. The lowest BCUT2D eigenvalue weighted by molar-refractivity contribution is 0.608. The van der Waals surface area contributed by atoms with E-state index in [1.54, 1.807) is 15.6 Å². The molecule has 0 saturated heterocycles. The van der Waals surface area contributed by atoms with Crippen molar-refractivity contribution >= 4 is 37.8 Å². The molecule has 2 aromatic rings. The average Bonchev–Trinajstić information content (AvgIpc) is 2.63. The van der Waals surface area contributed by atoms with Gasteiger partial charge in [0.25, 0.3) is 0 Å². The van der Waals surface area contributed by atoms with Crippen LogP contribution in [-0.2, 0) is 13.6 Å². The van der Waals surface area contributed by atoms with Crippen molar-refractivity contribution in [2.75, 3.05) is 5.73 Å². The molecule has 0 spiro atoms. The number of aromatic nitrogens is 5. The van der Waals surface area contributed by atoms with Gasteiger partial charge in [-0.25, -0.2) is 4.68 Å². The van der Waals surface area contributed by atoms with Gasteiger partial charge in [-0.3, -0.25) is 4.68 Å². The summed E-state index contributed by atoms with van der Waals surface area (Å²) < 4.78 is 4.98. The Labute approximate surface area is 103 Å². The standard InChI is InChI=1S/C7H8Br2N6/c1-14-5(4(8)2-11-14)3-15-6(9)12-7(10)13-15/h2H,3H2,1H3,(H2,10,13). The van der Waals surface area contributed by atoms with Crippen molar-refractivity contribution in [3.8, 4) is 0 Å². The first-order valence-electron chi connectivity index (χ1n) is 4.10. The first-order chi connectivity index (χ1) is 7.08. The normalized spacial score (nSPS) is 10.9. The van der Waals surface area contributed by atoms with Crippen LogP contribution in [0.4, 0.5) is 5.95 Å². The lowest BCUT2D eigenvalue weighted by atomic mass is 10.4. The van der Waals surface area contributed by atoms with Crippen LogP contribution < -0.4 is 5.73 Å². The Bertz CT molecular complexity index is 468. The Morgan fingerprint density at radius 1 is 1.47 bits per heavy atom. The quantitative estimate of drug-likeness (QED) is 0.893. The molecular formula is C7H8Br2N6. The molecule has 0 fully saturated rings. The maximum absolute atomic E-state index is 5.48. The fraction of sp³-hybridized carbons (Fsp3) is 0.286. The predicted octanol–water partition coefficient (Wildman–Crippen LogP) is 1.17. The molecule has 0 atom stereocenters. The van der Waals surface area contributed by atoms with Gasteiger partial charge in [0.05, 0.1) is 22.9 Å². The van der Waals surface area contributed by atoms with Gasteiger partial charge < -0.3 is 5.73 Å². The van der Waals surface area contributed by atoms with Crippen LogP contribution in [0.1, 0.15) is 5.69 Å². The van der Waals surface area contributed by atoms with E-state index in [0.717, 1.165) is 10.2 Å². The van der Waals surface area contributed by atoms with E-state index in [1.165, 1.54) is 0 Å². The zero-order valence-corrected chi connectivity index (χ0v) is 11.0. The molecular weight excluding hydrogens is 328 g/mol. The Morgan fingerprint density at radius 3 is 2.67 bits per heavy atom. The summed E-state index contributed by atoms with van der Waals surface area (Å²) in [6, 6.07) is 0. The van der Waals surface area contributed by atoms with E-state index in [-0.39, 0.29) is 5.95 Å². The molecule has 2 rings (SSSR count). The van der Waals surface area contributed by atoms with Crippen LogP contribution >= 0.6 is 31.9 Å². The monoisotopic (exact) mass is 334 g/mol. The second-order valence-corrected chi connectivity index (χ2v) is 4.52. The SMILES string of the molecule is Cn1ncc(Br)c1Cn1nc(N)nc1Br. The largest absolute Gasteiger partial charge is 0.366 e. The molecule has 2 heterocycles. The molecule has 15 heavy (non-hydrogen) atoms. The summed E-state index contributed by atoms with van der Waals surface area (Å²) in [5, 5.41) is 8.15. The Morgan fingerprint density at radius 2 is 2.20 bits per heavy atom. The number of hydrogen-bond acceptors (Lipinski definition) is 4. The van der Waals surface area contributed by atoms with Crippen LogP contribution in [0, 0.1) is 0 Å². The summed E-state index contributed by atoms with van der Waals surface area (Å²) in [6.45, 7) is 0.557. The minimum Gasteiger partial charge on any atom is -0.366 e. The third-order valence-corrected chi connectivity index (χ3v) is 3.20. The summed E-state index contributed by atoms with van der Waals surface area (Å²) in [5.41, 5.74) is 6.48. The minimum absolute atomic E-state index is 0.250. The molecule has 8 heteroatoms. The number of nitrogens with two attached hydrogens (primary N) is 1. The van der Waals surface area contributed by atoms with E-state index in [0.29, 0.717) is 11.3 Å². The average molecular weight is 336 g/mol. The molecule has 0 unspecified atom stereocenters. The highest BCUT2D eigenvalue weighted by atomic mass is 79.9. The molecule has 80 valence electrons. The maximum atomic E-state index is 5.48. The molecule has 0 bridgehead atoms. The highest BCUT2D eigenvalue weighted by molar-refractivity contribution is 9.10. The summed E-state index contributed by atoms with van der Waals surface area (Å²) in [6.07, 6.45) is 1.74. The topological polar surface area (TPSA) is 74.5 Å². The van der Waals surface area contributed by atoms with Crippen LogP contribution in [0.5, 0.6) is 0 Å². The molecule has 0 amide bonds. The Kier molecular flexibility index (Phi) is 2.79. The van der Waals surface area contributed by atoms with E-state index in [4.69, 9.17) is 5.73 Å². The molecule has 0 aliphatic carbocycles. The van der Waals surface area contributed by atoms with Crippen LogP contribution in [0.15, 0.2) is 15.4 Å².